The van der Waals surface area contributed by atoms with Crippen LogP contribution in [0.4, 0.5) is 0 Å². The number of hydrogen-bond donors (Lipinski definition) is 12. The minimum absolute atomic E-state index is 0.250. The molecule has 3 fully saturated rings. The van der Waals surface area contributed by atoms with Crippen molar-refractivity contribution in [2.24, 2.45) is 0 Å². The van der Waals surface area contributed by atoms with Gasteiger partial charge >= 0.3 is 0 Å². The van der Waals surface area contributed by atoms with Crippen LogP contribution in [0.1, 0.15) is 226 Å². The molecule has 0 spiro atoms. The fourth-order valence-corrected chi connectivity index (χ4v) is 10.7. The maximum atomic E-state index is 13.3. The highest BCUT2D eigenvalue weighted by molar-refractivity contribution is 5.76. The Bertz CT molecular complexity index is 1480. The standard InChI is InChI=1S/C59H111NO18/c1-3-5-7-9-11-13-15-17-19-20-21-23-24-26-28-30-32-34-36-43(64)42(60-47(65)37-35-33-31-29-27-25-22-18-16-14-12-10-8-6-4-2)41-73-57-53(71)50(68)55(45(39-62)75-57)78-59-54(72)51(69)56(46(40-63)76-59)77-58-52(70)49(67)48(66)44(38-61)74-58/h18,22,42-46,48-59,61-64,66-72H,3-17,19-21,23-41H2,1-2H3,(H,60,65)/b22-18-. The second kappa shape index (κ2) is 43.2. The quantitative estimate of drug-likeness (QED) is 0.0254. The molecule has 3 aliphatic heterocycles. The third kappa shape index (κ3) is 26.8. The van der Waals surface area contributed by atoms with Crippen molar-refractivity contribution in [2.75, 3.05) is 26.4 Å². The van der Waals surface area contributed by atoms with Crippen LogP contribution >= 0.6 is 0 Å². The first-order chi connectivity index (χ1) is 37.8. The van der Waals surface area contributed by atoms with Crippen LogP contribution in [0.3, 0.4) is 0 Å². The van der Waals surface area contributed by atoms with Gasteiger partial charge in [-0.25, -0.2) is 0 Å². The number of carbonyl (C=O) groups excluding carboxylic acids is 1. The Balaban J connectivity index is 1.49. The molecule has 0 aromatic rings. The molecule has 78 heavy (non-hydrogen) atoms. The van der Waals surface area contributed by atoms with Gasteiger partial charge in [0.25, 0.3) is 0 Å². The Morgan fingerprint density at radius 2 is 0.808 bits per heavy atom. The largest absolute Gasteiger partial charge is 0.394 e. The van der Waals surface area contributed by atoms with Crippen molar-refractivity contribution >= 4 is 5.91 Å². The third-order valence-electron chi connectivity index (χ3n) is 15.8. The number of aliphatic hydroxyl groups is 11. The summed E-state index contributed by atoms with van der Waals surface area (Å²) in [5.74, 6) is -0.250. The highest BCUT2D eigenvalue weighted by atomic mass is 16.8. The lowest BCUT2D eigenvalue weighted by atomic mass is 9.96. The van der Waals surface area contributed by atoms with E-state index in [-0.39, 0.29) is 18.9 Å². The second-order valence-corrected chi connectivity index (χ2v) is 22.5. The summed E-state index contributed by atoms with van der Waals surface area (Å²) in [6.45, 7) is 1.79. The van der Waals surface area contributed by atoms with Gasteiger partial charge in [-0.3, -0.25) is 4.79 Å². The zero-order chi connectivity index (χ0) is 56.9. The molecule has 19 heteroatoms. The molecule has 0 aromatic carbocycles. The Morgan fingerprint density at radius 3 is 1.24 bits per heavy atom. The van der Waals surface area contributed by atoms with Crippen molar-refractivity contribution in [1.82, 2.24) is 5.32 Å². The van der Waals surface area contributed by atoms with Gasteiger partial charge in [0.1, 0.15) is 73.2 Å². The van der Waals surface area contributed by atoms with Gasteiger partial charge in [-0.2, -0.15) is 0 Å². The van der Waals surface area contributed by atoms with Gasteiger partial charge in [-0.05, 0) is 38.5 Å². The molecular formula is C59H111NO18. The number of carbonyl (C=O) groups is 1. The first-order valence-corrected chi connectivity index (χ1v) is 30.9. The molecule has 3 saturated heterocycles. The van der Waals surface area contributed by atoms with Crippen LogP contribution < -0.4 is 5.32 Å². The monoisotopic (exact) mass is 1120 g/mol. The van der Waals surface area contributed by atoms with Gasteiger partial charge in [0.15, 0.2) is 18.9 Å². The number of amides is 1. The molecule has 19 nitrogen and oxygen atoms in total. The fourth-order valence-electron chi connectivity index (χ4n) is 10.7. The van der Waals surface area contributed by atoms with E-state index >= 15 is 0 Å². The number of unbranched alkanes of at least 4 members (excludes halogenated alkanes) is 28. The highest BCUT2D eigenvalue weighted by Gasteiger charge is 2.53. The van der Waals surface area contributed by atoms with E-state index in [0.717, 1.165) is 64.2 Å². The predicted octanol–water partition coefficient (Wildman–Crippen LogP) is 5.77. The first-order valence-electron chi connectivity index (χ1n) is 30.9. The van der Waals surface area contributed by atoms with Crippen LogP contribution in [0.5, 0.6) is 0 Å². The normalized spacial score (nSPS) is 30.5. The maximum absolute atomic E-state index is 13.3. The van der Waals surface area contributed by atoms with Crippen molar-refractivity contribution in [3.8, 4) is 0 Å². The summed E-state index contributed by atoms with van der Waals surface area (Å²) in [6, 6.07) is -0.887. The summed E-state index contributed by atoms with van der Waals surface area (Å²) in [5.41, 5.74) is 0. The Labute approximate surface area is 467 Å². The van der Waals surface area contributed by atoms with Crippen LogP contribution in [-0.4, -0.2) is 193 Å². The molecule has 3 aliphatic rings. The minimum Gasteiger partial charge on any atom is -0.394 e. The Kier molecular flexibility index (Phi) is 39.2. The number of ether oxygens (including phenoxy) is 6. The van der Waals surface area contributed by atoms with Crippen molar-refractivity contribution in [1.29, 1.82) is 0 Å². The molecule has 3 rings (SSSR count). The number of allylic oxidation sites excluding steroid dienone is 2. The van der Waals surface area contributed by atoms with E-state index in [1.54, 1.807) is 0 Å². The summed E-state index contributed by atoms with van der Waals surface area (Å²) in [7, 11) is 0. The van der Waals surface area contributed by atoms with Gasteiger partial charge in [-0.1, -0.05) is 193 Å². The fraction of sp³-hybridized carbons (Fsp3) is 0.949. The molecule has 0 aliphatic carbocycles. The zero-order valence-electron chi connectivity index (χ0n) is 47.9. The maximum Gasteiger partial charge on any atom is 0.220 e. The number of nitrogens with one attached hydrogen (secondary N) is 1. The van der Waals surface area contributed by atoms with Crippen molar-refractivity contribution in [3.63, 3.8) is 0 Å². The first kappa shape index (κ1) is 70.8. The van der Waals surface area contributed by atoms with E-state index in [0.29, 0.717) is 12.8 Å². The smallest absolute Gasteiger partial charge is 0.220 e. The van der Waals surface area contributed by atoms with Gasteiger partial charge in [0.2, 0.25) is 5.91 Å². The molecule has 0 aromatic heterocycles. The molecule has 12 N–H and O–H groups in total. The average molecular weight is 1120 g/mol. The molecule has 3 heterocycles. The molecule has 17 unspecified atom stereocenters. The SMILES string of the molecule is CCCCCCCC/C=C\CCCCCCCC(=O)NC(COC1OC(CO)C(OC2OC(CO)C(OC3OC(CO)C(O)C(O)C3O)C(O)C2O)C(O)C1O)C(O)CCCCCCCCCCCCCCCCCCCC. The van der Waals surface area contributed by atoms with Gasteiger partial charge < -0.3 is 89.9 Å². The van der Waals surface area contributed by atoms with Crippen LogP contribution in [0.2, 0.25) is 0 Å². The van der Waals surface area contributed by atoms with E-state index in [1.807, 2.05) is 0 Å². The van der Waals surface area contributed by atoms with Crippen molar-refractivity contribution < 1.29 is 89.4 Å². The van der Waals surface area contributed by atoms with Crippen molar-refractivity contribution in [2.45, 2.75) is 330 Å². The number of rotatable bonds is 46. The summed E-state index contributed by atoms with van der Waals surface area (Å²) >= 11 is 0. The minimum atomic E-state index is -1.97. The van der Waals surface area contributed by atoms with Crippen LogP contribution in [0, 0.1) is 0 Å². The van der Waals surface area contributed by atoms with Gasteiger partial charge in [-0.15, -0.1) is 0 Å². The second-order valence-electron chi connectivity index (χ2n) is 22.5. The average Bonchev–Trinajstić information content (AvgIpc) is 3.47. The number of hydrogen-bond acceptors (Lipinski definition) is 18. The van der Waals surface area contributed by atoms with Crippen LogP contribution in [0.15, 0.2) is 12.2 Å². The lowest BCUT2D eigenvalue weighted by Crippen LogP contribution is -2.66. The van der Waals surface area contributed by atoms with E-state index in [4.69, 9.17) is 28.4 Å². The van der Waals surface area contributed by atoms with Crippen LogP contribution in [0.25, 0.3) is 0 Å². The predicted molar refractivity (Wildman–Crippen MR) is 296 cm³/mol. The molecule has 460 valence electrons. The molecule has 1 amide bonds. The molecule has 0 bridgehead atoms. The molecule has 0 radical (unpaired) electrons. The van der Waals surface area contributed by atoms with E-state index in [1.165, 1.54) is 128 Å². The topological polar surface area (TPSA) is 307 Å². The van der Waals surface area contributed by atoms with Gasteiger partial charge in [0, 0.05) is 6.42 Å². The third-order valence-corrected chi connectivity index (χ3v) is 15.8. The summed E-state index contributed by atoms with van der Waals surface area (Å²) < 4.78 is 34.3. The summed E-state index contributed by atoms with van der Waals surface area (Å²) in [6.07, 6.45) is 15.7. The van der Waals surface area contributed by atoms with E-state index < -0.39 is 124 Å². The van der Waals surface area contributed by atoms with Crippen LogP contribution in [-0.2, 0) is 33.2 Å². The van der Waals surface area contributed by atoms with Gasteiger partial charge in [0.05, 0.1) is 38.6 Å². The zero-order valence-corrected chi connectivity index (χ0v) is 47.9. The van der Waals surface area contributed by atoms with Crippen molar-refractivity contribution in [3.05, 3.63) is 12.2 Å². The van der Waals surface area contributed by atoms with E-state index in [9.17, 15) is 61.0 Å². The highest BCUT2D eigenvalue weighted by Crippen LogP contribution is 2.33. The number of aliphatic hydroxyl groups excluding tert-OH is 11. The summed E-state index contributed by atoms with van der Waals surface area (Å²) in [5, 5.41) is 120. The molecular weight excluding hydrogens is 1010 g/mol. The summed E-state index contributed by atoms with van der Waals surface area (Å²) in [4.78, 5) is 13.3. The Morgan fingerprint density at radius 1 is 0.449 bits per heavy atom. The lowest BCUT2D eigenvalue weighted by molar-refractivity contribution is -0.379. The Hall–Kier alpha value is -1.47. The molecule has 17 atom stereocenters. The molecule has 0 saturated carbocycles. The van der Waals surface area contributed by atoms with E-state index in [2.05, 4.69) is 31.3 Å². The lowest BCUT2D eigenvalue weighted by Gasteiger charge is -2.48.